The van der Waals surface area contributed by atoms with E-state index in [9.17, 15) is 0 Å². The van der Waals surface area contributed by atoms with E-state index in [2.05, 4.69) is 11.1 Å². The van der Waals surface area contributed by atoms with Crippen LogP contribution in [-0.4, -0.2) is 24.0 Å². The van der Waals surface area contributed by atoms with Crippen LogP contribution in [0.5, 0.6) is 0 Å². The Balaban J connectivity index is 2.87. The lowest BCUT2D eigenvalue weighted by molar-refractivity contribution is 0.564. The predicted octanol–water partition coefficient (Wildman–Crippen LogP) is 2.06. The number of hydrogen-bond donors (Lipinski definition) is 0. The molecule has 3 heteroatoms. The lowest BCUT2D eigenvalue weighted by Crippen LogP contribution is -1.99. The second-order valence-corrected chi connectivity index (χ2v) is 3.24. The Morgan fingerprint density at radius 1 is 1.53 bits per heavy atom. The molecule has 1 heterocycles. The molecule has 1 aromatic heterocycles. The van der Waals surface area contributed by atoms with E-state index in [-0.39, 0.29) is 0 Å². The summed E-state index contributed by atoms with van der Waals surface area (Å²) in [6.45, 7) is 0. The minimum atomic E-state index is 0.612. The van der Waals surface area contributed by atoms with Gasteiger partial charge in [-0.15, -0.1) is 0 Å². The maximum atomic E-state index is 8.95. The molecule has 0 aromatic carbocycles. The number of hydrogen-bond acceptors (Lipinski definition) is 3. The lowest BCUT2D eigenvalue weighted by Gasteiger charge is -2.01. The molecule has 0 aliphatic carbocycles. The Bertz CT molecular complexity index is 397. The summed E-state index contributed by atoms with van der Waals surface area (Å²) in [7, 11) is 3.86. The van der Waals surface area contributed by atoms with E-state index >= 15 is 0 Å². The van der Waals surface area contributed by atoms with Crippen LogP contribution in [0.25, 0.3) is 5.57 Å². The average molecular weight is 199 g/mol. The van der Waals surface area contributed by atoms with Gasteiger partial charge in [0.2, 0.25) is 0 Å². The fourth-order valence-electron chi connectivity index (χ4n) is 1.03. The summed E-state index contributed by atoms with van der Waals surface area (Å²) in [4.78, 5) is 5.88. The highest BCUT2D eigenvalue weighted by Crippen LogP contribution is 2.11. The van der Waals surface area contributed by atoms with Crippen molar-refractivity contribution >= 4 is 5.57 Å². The summed E-state index contributed by atoms with van der Waals surface area (Å²) in [5.41, 5.74) is 1.45. The minimum Gasteiger partial charge on any atom is -0.383 e. The van der Waals surface area contributed by atoms with Crippen LogP contribution in [0.4, 0.5) is 0 Å². The molecule has 0 aliphatic rings. The van der Waals surface area contributed by atoms with Crippen LogP contribution in [0.1, 0.15) is 5.56 Å². The molecule has 0 radical (unpaired) electrons. The van der Waals surface area contributed by atoms with Gasteiger partial charge in [-0.05, 0) is 24.4 Å². The maximum Gasteiger partial charge on any atom is 0.0998 e. The number of nitriles is 1. The third-order valence-corrected chi connectivity index (χ3v) is 1.74. The van der Waals surface area contributed by atoms with E-state index in [1.165, 1.54) is 0 Å². The van der Waals surface area contributed by atoms with E-state index in [1.54, 1.807) is 18.5 Å². The monoisotopic (exact) mass is 199 g/mol. The molecule has 0 aliphatic heterocycles. The summed E-state index contributed by atoms with van der Waals surface area (Å²) < 4.78 is 0. The van der Waals surface area contributed by atoms with Crippen molar-refractivity contribution in [1.29, 1.82) is 5.26 Å². The largest absolute Gasteiger partial charge is 0.383 e. The Morgan fingerprint density at radius 2 is 2.33 bits per heavy atom. The third kappa shape index (κ3) is 3.65. The van der Waals surface area contributed by atoms with Gasteiger partial charge in [0, 0.05) is 32.1 Å². The van der Waals surface area contributed by atoms with E-state index in [4.69, 9.17) is 5.26 Å². The molecule has 0 bridgehead atoms. The third-order valence-electron chi connectivity index (χ3n) is 1.74. The molecule has 1 rings (SSSR count). The van der Waals surface area contributed by atoms with Crippen LogP contribution in [-0.2, 0) is 0 Å². The molecule has 0 saturated heterocycles. The van der Waals surface area contributed by atoms with E-state index in [1.807, 2.05) is 43.4 Å². The molecule has 0 spiro atoms. The predicted molar refractivity (Wildman–Crippen MR) is 60.7 cm³/mol. The van der Waals surface area contributed by atoms with Gasteiger partial charge in [-0.1, -0.05) is 6.07 Å². The van der Waals surface area contributed by atoms with E-state index in [0.717, 1.165) is 5.56 Å². The Morgan fingerprint density at radius 3 is 2.87 bits per heavy atom. The summed E-state index contributed by atoms with van der Waals surface area (Å²) in [6, 6.07) is 5.83. The van der Waals surface area contributed by atoms with Crippen molar-refractivity contribution in [1.82, 2.24) is 9.88 Å². The highest BCUT2D eigenvalue weighted by Gasteiger charge is 1.97. The lowest BCUT2D eigenvalue weighted by atomic mass is 10.1. The molecule has 0 atom stereocenters. The number of allylic oxidation sites excluding steroid dienone is 3. The highest BCUT2D eigenvalue weighted by atomic mass is 15.0. The second kappa shape index (κ2) is 5.61. The molecule has 0 N–H and O–H groups in total. The topological polar surface area (TPSA) is 39.9 Å². The minimum absolute atomic E-state index is 0.612. The van der Waals surface area contributed by atoms with Crippen LogP contribution >= 0.6 is 0 Å². The molecule has 1 aromatic rings. The van der Waals surface area contributed by atoms with Crippen molar-refractivity contribution in [3.05, 3.63) is 48.4 Å². The summed E-state index contributed by atoms with van der Waals surface area (Å²) >= 11 is 0. The normalized spacial score (nSPS) is 11.4. The molecule has 0 saturated carbocycles. The van der Waals surface area contributed by atoms with Crippen LogP contribution in [0.2, 0.25) is 0 Å². The van der Waals surface area contributed by atoms with Crippen molar-refractivity contribution < 1.29 is 0 Å². The number of rotatable bonds is 3. The highest BCUT2D eigenvalue weighted by molar-refractivity contribution is 5.77. The van der Waals surface area contributed by atoms with Gasteiger partial charge in [-0.2, -0.15) is 5.26 Å². The smallest absolute Gasteiger partial charge is 0.0998 e. The van der Waals surface area contributed by atoms with E-state index < -0.39 is 0 Å². The summed E-state index contributed by atoms with van der Waals surface area (Å²) in [5, 5.41) is 8.95. The van der Waals surface area contributed by atoms with Gasteiger partial charge in [0.15, 0.2) is 0 Å². The van der Waals surface area contributed by atoms with Gasteiger partial charge >= 0.3 is 0 Å². The quantitative estimate of drug-likeness (QED) is 0.552. The van der Waals surface area contributed by atoms with Gasteiger partial charge in [0.1, 0.15) is 0 Å². The van der Waals surface area contributed by atoms with Crippen molar-refractivity contribution in [3.63, 3.8) is 0 Å². The van der Waals surface area contributed by atoms with Gasteiger partial charge < -0.3 is 4.90 Å². The van der Waals surface area contributed by atoms with E-state index in [0.29, 0.717) is 5.57 Å². The van der Waals surface area contributed by atoms with Crippen LogP contribution in [0.3, 0.4) is 0 Å². The molecule has 0 fully saturated rings. The Labute approximate surface area is 90.0 Å². The van der Waals surface area contributed by atoms with Crippen molar-refractivity contribution in [2.45, 2.75) is 0 Å². The fourth-order valence-corrected chi connectivity index (χ4v) is 1.03. The summed E-state index contributed by atoms with van der Waals surface area (Å²) in [6.07, 6.45) is 8.86. The number of pyridine rings is 1. The fraction of sp³-hybridized carbons (Fsp3) is 0.167. The van der Waals surface area contributed by atoms with Gasteiger partial charge in [-0.25, -0.2) is 0 Å². The standard InChI is InChI=1S/C12H13N3/c1-15(2)8-4-6-11(9-13)12-5-3-7-14-10-12/h3-8,10H,1-2H3/b8-4+,11-6-. The molecule has 15 heavy (non-hydrogen) atoms. The average Bonchev–Trinajstić information content (AvgIpc) is 2.25. The first kappa shape index (κ1) is 11.0. The first-order chi connectivity index (χ1) is 7.24. The Hall–Kier alpha value is -2.08. The zero-order valence-corrected chi connectivity index (χ0v) is 8.88. The van der Waals surface area contributed by atoms with Crippen LogP contribution in [0.15, 0.2) is 42.9 Å². The number of nitrogens with zero attached hydrogens (tertiary/aromatic N) is 3. The van der Waals surface area contributed by atoms with Crippen molar-refractivity contribution in [2.24, 2.45) is 0 Å². The summed E-state index contributed by atoms with van der Waals surface area (Å²) in [5.74, 6) is 0. The van der Waals surface area contributed by atoms with Crippen molar-refractivity contribution in [3.8, 4) is 6.07 Å². The molecule has 0 amide bonds. The van der Waals surface area contributed by atoms with Gasteiger partial charge in [0.25, 0.3) is 0 Å². The Kier molecular flexibility index (Phi) is 4.11. The molecule has 3 nitrogen and oxygen atoms in total. The van der Waals surface area contributed by atoms with Crippen molar-refractivity contribution in [2.75, 3.05) is 14.1 Å². The van der Waals surface area contributed by atoms with Gasteiger partial charge in [-0.3, -0.25) is 4.98 Å². The first-order valence-electron chi connectivity index (χ1n) is 4.59. The number of aromatic nitrogens is 1. The second-order valence-electron chi connectivity index (χ2n) is 3.24. The zero-order valence-electron chi connectivity index (χ0n) is 8.88. The van der Waals surface area contributed by atoms with Crippen LogP contribution in [0, 0.1) is 11.3 Å². The molecular formula is C12H13N3. The maximum absolute atomic E-state index is 8.95. The first-order valence-corrected chi connectivity index (χ1v) is 4.59. The SMILES string of the molecule is CN(C)/C=C/C=C(/C#N)c1cccnc1. The zero-order chi connectivity index (χ0) is 11.1. The van der Waals surface area contributed by atoms with Gasteiger partial charge in [0.05, 0.1) is 11.6 Å². The molecule has 0 unspecified atom stereocenters. The molecule has 76 valence electrons. The van der Waals surface area contributed by atoms with Crippen LogP contribution < -0.4 is 0 Å². The molecular weight excluding hydrogens is 186 g/mol.